The van der Waals surface area contributed by atoms with E-state index in [0.29, 0.717) is 26.3 Å². The number of morpholine rings is 1. The minimum atomic E-state index is -1.65. The number of halogens is 3. The van der Waals surface area contributed by atoms with Crippen LogP contribution in [0.4, 0.5) is 18.9 Å². The van der Waals surface area contributed by atoms with Crippen LogP contribution < -0.4 is 4.90 Å². The highest BCUT2D eigenvalue weighted by Crippen LogP contribution is 2.24. The molecule has 1 saturated heterocycles. The first-order chi connectivity index (χ1) is 10.9. The zero-order valence-corrected chi connectivity index (χ0v) is 12.7. The molecule has 0 saturated carbocycles. The standard InChI is InChI=1S/C15H17F3N2O3/c1-10(21)20(12-3-2-11(16)14(17)15(12)18)5-4-13(22)19-6-8-23-9-7-19/h2-3H,4-9H2,1H3. The Bertz CT molecular complexity index is 604. The molecule has 2 amide bonds. The van der Waals surface area contributed by atoms with Gasteiger partial charge < -0.3 is 14.5 Å². The first-order valence-electron chi connectivity index (χ1n) is 7.19. The maximum Gasteiger partial charge on any atom is 0.224 e. The van der Waals surface area contributed by atoms with E-state index in [4.69, 9.17) is 4.74 Å². The highest BCUT2D eigenvalue weighted by molar-refractivity contribution is 5.92. The lowest BCUT2D eigenvalue weighted by atomic mass is 10.2. The van der Waals surface area contributed by atoms with E-state index < -0.39 is 23.4 Å². The number of hydrogen-bond donors (Lipinski definition) is 0. The Labute approximate surface area is 131 Å². The van der Waals surface area contributed by atoms with E-state index in [2.05, 4.69) is 0 Å². The Morgan fingerprint density at radius 1 is 1.17 bits per heavy atom. The lowest BCUT2D eigenvalue weighted by molar-refractivity contribution is -0.135. The fourth-order valence-electron chi connectivity index (χ4n) is 2.35. The molecule has 1 aromatic carbocycles. The van der Waals surface area contributed by atoms with Gasteiger partial charge in [0.15, 0.2) is 17.5 Å². The highest BCUT2D eigenvalue weighted by Gasteiger charge is 2.23. The highest BCUT2D eigenvalue weighted by atomic mass is 19.2. The number of nitrogens with zero attached hydrogens (tertiary/aromatic N) is 2. The number of carbonyl (C=O) groups is 2. The van der Waals surface area contributed by atoms with E-state index in [-0.39, 0.29) is 24.6 Å². The molecule has 0 unspecified atom stereocenters. The molecular weight excluding hydrogens is 313 g/mol. The maximum absolute atomic E-state index is 13.8. The second-order valence-electron chi connectivity index (χ2n) is 5.11. The first-order valence-corrected chi connectivity index (χ1v) is 7.19. The van der Waals surface area contributed by atoms with Crippen LogP contribution in [0.2, 0.25) is 0 Å². The predicted molar refractivity (Wildman–Crippen MR) is 76.4 cm³/mol. The van der Waals surface area contributed by atoms with Crippen molar-refractivity contribution in [2.75, 3.05) is 37.7 Å². The zero-order valence-electron chi connectivity index (χ0n) is 12.7. The van der Waals surface area contributed by atoms with Gasteiger partial charge in [0, 0.05) is 33.0 Å². The number of carbonyl (C=O) groups excluding carboxylic acids is 2. The van der Waals surface area contributed by atoms with Crippen LogP contribution >= 0.6 is 0 Å². The Hall–Kier alpha value is -2.09. The Morgan fingerprint density at radius 2 is 1.83 bits per heavy atom. The molecule has 5 nitrogen and oxygen atoms in total. The Balaban J connectivity index is 2.09. The smallest absolute Gasteiger partial charge is 0.224 e. The van der Waals surface area contributed by atoms with Crippen molar-refractivity contribution in [3.8, 4) is 0 Å². The minimum Gasteiger partial charge on any atom is -0.378 e. The predicted octanol–water partition coefficient (Wildman–Crippen LogP) is 1.71. The third-order valence-corrected chi connectivity index (χ3v) is 3.60. The monoisotopic (exact) mass is 330 g/mol. The topological polar surface area (TPSA) is 49.9 Å². The molecule has 1 aliphatic rings. The van der Waals surface area contributed by atoms with Crippen molar-refractivity contribution in [2.45, 2.75) is 13.3 Å². The van der Waals surface area contributed by atoms with Crippen LogP contribution in [0.1, 0.15) is 13.3 Å². The molecule has 0 bridgehead atoms. The molecule has 0 atom stereocenters. The Kier molecular flexibility index (Phi) is 5.59. The van der Waals surface area contributed by atoms with Crippen molar-refractivity contribution in [3.63, 3.8) is 0 Å². The van der Waals surface area contributed by atoms with E-state index in [1.54, 1.807) is 4.90 Å². The van der Waals surface area contributed by atoms with Crippen LogP contribution in [0.15, 0.2) is 12.1 Å². The molecule has 1 fully saturated rings. The molecule has 0 radical (unpaired) electrons. The second kappa shape index (κ2) is 7.45. The van der Waals surface area contributed by atoms with E-state index in [1.165, 1.54) is 6.92 Å². The van der Waals surface area contributed by atoms with Gasteiger partial charge in [-0.15, -0.1) is 0 Å². The maximum atomic E-state index is 13.8. The summed E-state index contributed by atoms with van der Waals surface area (Å²) in [5.41, 5.74) is -0.383. The van der Waals surface area contributed by atoms with Crippen molar-refractivity contribution in [3.05, 3.63) is 29.6 Å². The van der Waals surface area contributed by atoms with Gasteiger partial charge in [0.2, 0.25) is 11.8 Å². The molecule has 2 rings (SSSR count). The van der Waals surface area contributed by atoms with Gasteiger partial charge in [-0.2, -0.15) is 0 Å². The number of amides is 2. The molecule has 8 heteroatoms. The summed E-state index contributed by atoms with van der Waals surface area (Å²) in [7, 11) is 0. The van der Waals surface area contributed by atoms with E-state index in [1.807, 2.05) is 0 Å². The number of anilines is 1. The van der Waals surface area contributed by atoms with Gasteiger partial charge >= 0.3 is 0 Å². The number of ether oxygens (including phenoxy) is 1. The average Bonchev–Trinajstić information content (AvgIpc) is 2.55. The molecule has 0 aromatic heterocycles. The van der Waals surface area contributed by atoms with Crippen LogP contribution in [0.3, 0.4) is 0 Å². The first kappa shape index (κ1) is 17.3. The van der Waals surface area contributed by atoms with E-state index in [9.17, 15) is 22.8 Å². The summed E-state index contributed by atoms with van der Waals surface area (Å²) < 4.78 is 45.3. The molecule has 1 heterocycles. The SMILES string of the molecule is CC(=O)N(CCC(=O)N1CCOCC1)c1ccc(F)c(F)c1F. The number of benzene rings is 1. The van der Waals surface area contributed by atoms with Crippen molar-refractivity contribution in [2.24, 2.45) is 0 Å². The van der Waals surface area contributed by atoms with Gasteiger partial charge in [-0.3, -0.25) is 9.59 Å². The fraction of sp³-hybridized carbons (Fsp3) is 0.467. The molecule has 126 valence electrons. The molecule has 0 N–H and O–H groups in total. The third kappa shape index (κ3) is 4.01. The second-order valence-corrected chi connectivity index (χ2v) is 5.11. The number of hydrogen-bond acceptors (Lipinski definition) is 3. The fourth-order valence-corrected chi connectivity index (χ4v) is 2.35. The Morgan fingerprint density at radius 3 is 2.43 bits per heavy atom. The third-order valence-electron chi connectivity index (χ3n) is 3.60. The zero-order chi connectivity index (χ0) is 17.0. The summed E-state index contributed by atoms with van der Waals surface area (Å²) in [6.07, 6.45) is -0.0436. The van der Waals surface area contributed by atoms with Crippen molar-refractivity contribution < 1.29 is 27.5 Å². The van der Waals surface area contributed by atoms with Crippen LogP contribution in [0, 0.1) is 17.5 Å². The summed E-state index contributed by atoms with van der Waals surface area (Å²) >= 11 is 0. The van der Waals surface area contributed by atoms with Crippen molar-refractivity contribution in [1.29, 1.82) is 0 Å². The largest absolute Gasteiger partial charge is 0.378 e. The summed E-state index contributed by atoms with van der Waals surface area (Å²) in [4.78, 5) is 26.3. The molecular formula is C15H17F3N2O3. The van der Waals surface area contributed by atoms with Crippen molar-refractivity contribution in [1.82, 2.24) is 4.90 Å². The van der Waals surface area contributed by atoms with Gasteiger partial charge in [-0.25, -0.2) is 13.2 Å². The van der Waals surface area contributed by atoms with Gasteiger partial charge in [0.1, 0.15) is 0 Å². The summed E-state index contributed by atoms with van der Waals surface area (Å²) in [6.45, 7) is 2.85. The lowest BCUT2D eigenvalue weighted by Crippen LogP contribution is -2.42. The van der Waals surface area contributed by atoms with E-state index >= 15 is 0 Å². The summed E-state index contributed by atoms with van der Waals surface area (Å²) in [6, 6.07) is 1.72. The summed E-state index contributed by atoms with van der Waals surface area (Å²) in [5.74, 6) is -5.20. The van der Waals surface area contributed by atoms with Gasteiger partial charge in [0.25, 0.3) is 0 Å². The van der Waals surface area contributed by atoms with Gasteiger partial charge in [0.05, 0.1) is 18.9 Å². The molecule has 0 spiro atoms. The van der Waals surface area contributed by atoms with Crippen LogP contribution in [-0.2, 0) is 14.3 Å². The van der Waals surface area contributed by atoms with Crippen molar-refractivity contribution >= 4 is 17.5 Å². The van der Waals surface area contributed by atoms with Crippen LogP contribution in [-0.4, -0.2) is 49.6 Å². The number of rotatable bonds is 4. The van der Waals surface area contributed by atoms with E-state index in [0.717, 1.165) is 17.0 Å². The lowest BCUT2D eigenvalue weighted by Gasteiger charge is -2.28. The summed E-state index contributed by atoms with van der Waals surface area (Å²) in [5, 5.41) is 0. The van der Waals surface area contributed by atoms with Gasteiger partial charge in [-0.05, 0) is 12.1 Å². The minimum absolute atomic E-state index is 0.0436. The van der Waals surface area contributed by atoms with Crippen LogP contribution in [0.5, 0.6) is 0 Å². The normalized spacial score (nSPS) is 14.7. The molecule has 1 aromatic rings. The molecule has 0 aliphatic carbocycles. The van der Waals surface area contributed by atoms with Crippen LogP contribution in [0.25, 0.3) is 0 Å². The quantitative estimate of drug-likeness (QED) is 0.790. The van der Waals surface area contributed by atoms with Gasteiger partial charge in [-0.1, -0.05) is 0 Å². The average molecular weight is 330 g/mol. The molecule has 1 aliphatic heterocycles. The molecule has 23 heavy (non-hydrogen) atoms.